The van der Waals surface area contributed by atoms with Gasteiger partial charge in [0, 0.05) is 48.5 Å². The number of ether oxygens (including phenoxy) is 3. The minimum Gasteiger partial charge on any atom is -0.383 e. The van der Waals surface area contributed by atoms with Crippen molar-refractivity contribution in [2.24, 2.45) is 0 Å². The van der Waals surface area contributed by atoms with Crippen molar-refractivity contribution >= 4 is 44.7 Å². The molecule has 11 heteroatoms. The third-order valence-corrected chi connectivity index (χ3v) is 4.96. The standard InChI is InChI=1S/C12H7ClN4O2S.C7H16O3/c13-9-3-6(17(18)19)1-2-7(9)8-4-20-12-10(8)11(14)15-5-16-12;1-4-8-7(9-5-2)10-6-3/h1-5H,(H2,14,15,16);7H,4-6H2,1-3H3. The molecule has 3 aromatic rings. The zero-order valence-corrected chi connectivity index (χ0v) is 18.4. The van der Waals surface area contributed by atoms with Crippen LogP contribution in [0.3, 0.4) is 0 Å². The molecular weight excluding hydrogens is 432 g/mol. The molecule has 30 heavy (non-hydrogen) atoms. The number of halogens is 1. The van der Waals surface area contributed by atoms with E-state index in [9.17, 15) is 10.1 Å². The first-order valence-corrected chi connectivity index (χ1v) is 10.4. The number of nitrogen functional groups attached to an aromatic ring is 1. The van der Waals surface area contributed by atoms with Crippen LogP contribution < -0.4 is 5.73 Å². The second-order valence-corrected chi connectivity index (χ2v) is 6.93. The number of hydrogen-bond donors (Lipinski definition) is 1. The van der Waals surface area contributed by atoms with E-state index < -0.39 is 11.4 Å². The van der Waals surface area contributed by atoms with Crippen LogP contribution in [0.5, 0.6) is 0 Å². The summed E-state index contributed by atoms with van der Waals surface area (Å²) in [4.78, 5) is 19.1. The van der Waals surface area contributed by atoms with E-state index in [1.54, 1.807) is 6.07 Å². The molecule has 1 aromatic carbocycles. The van der Waals surface area contributed by atoms with Gasteiger partial charge in [0.1, 0.15) is 17.0 Å². The van der Waals surface area contributed by atoms with Crippen LogP contribution in [0, 0.1) is 10.1 Å². The normalized spacial score (nSPS) is 10.8. The number of non-ortho nitro benzene ring substituents is 1. The number of aromatic nitrogens is 2. The lowest BCUT2D eigenvalue weighted by molar-refractivity contribution is -0.384. The Balaban J connectivity index is 0.000000274. The van der Waals surface area contributed by atoms with E-state index in [4.69, 9.17) is 31.5 Å². The number of nitro benzene ring substituents is 1. The number of anilines is 1. The molecule has 0 aliphatic carbocycles. The van der Waals surface area contributed by atoms with E-state index in [1.165, 1.54) is 29.8 Å². The molecule has 9 nitrogen and oxygen atoms in total. The molecular formula is C19H23ClN4O5S. The van der Waals surface area contributed by atoms with Gasteiger partial charge in [0.25, 0.3) is 12.2 Å². The maximum Gasteiger partial charge on any atom is 0.271 e. The Morgan fingerprint density at radius 1 is 1.13 bits per heavy atom. The Morgan fingerprint density at radius 2 is 1.77 bits per heavy atom. The summed E-state index contributed by atoms with van der Waals surface area (Å²) >= 11 is 7.55. The second kappa shape index (κ2) is 11.7. The van der Waals surface area contributed by atoms with Crippen molar-refractivity contribution in [3.05, 3.63) is 45.0 Å². The SMILES string of the molecule is CCOC(OCC)OCC.Nc1ncnc2scc(-c3ccc([N+](=O)[O-])cc3Cl)c12. The van der Waals surface area contributed by atoms with Gasteiger partial charge in [-0.05, 0) is 26.8 Å². The third kappa shape index (κ3) is 6.07. The topological polar surface area (TPSA) is 123 Å². The summed E-state index contributed by atoms with van der Waals surface area (Å²) in [5.41, 5.74) is 7.27. The highest BCUT2D eigenvalue weighted by atomic mass is 35.5. The molecule has 2 N–H and O–H groups in total. The van der Waals surface area contributed by atoms with E-state index >= 15 is 0 Å². The molecule has 0 aliphatic heterocycles. The van der Waals surface area contributed by atoms with Gasteiger partial charge in [-0.2, -0.15) is 0 Å². The quantitative estimate of drug-likeness (QED) is 0.290. The molecule has 0 unspecified atom stereocenters. The highest BCUT2D eigenvalue weighted by Crippen LogP contribution is 2.39. The number of nitrogens with two attached hydrogens (primary N) is 1. The van der Waals surface area contributed by atoms with Crippen molar-refractivity contribution in [3.63, 3.8) is 0 Å². The van der Waals surface area contributed by atoms with Gasteiger partial charge in [-0.3, -0.25) is 10.1 Å². The molecule has 0 spiro atoms. The first kappa shape index (κ1) is 23.9. The average Bonchev–Trinajstić information content (AvgIpc) is 3.14. The maximum atomic E-state index is 10.7. The summed E-state index contributed by atoms with van der Waals surface area (Å²) in [5.74, 6) is 0.362. The molecule has 0 fully saturated rings. The number of nitro groups is 1. The first-order chi connectivity index (χ1) is 14.4. The van der Waals surface area contributed by atoms with E-state index in [-0.39, 0.29) is 5.69 Å². The highest BCUT2D eigenvalue weighted by molar-refractivity contribution is 7.17. The molecule has 0 saturated carbocycles. The maximum absolute atomic E-state index is 10.7. The summed E-state index contributed by atoms with van der Waals surface area (Å²) in [6.07, 6.45) is 1.40. The second-order valence-electron chi connectivity index (χ2n) is 5.66. The van der Waals surface area contributed by atoms with E-state index in [0.29, 0.717) is 41.6 Å². The largest absolute Gasteiger partial charge is 0.383 e. The third-order valence-electron chi connectivity index (χ3n) is 3.76. The summed E-state index contributed by atoms with van der Waals surface area (Å²) < 4.78 is 15.2. The van der Waals surface area contributed by atoms with Gasteiger partial charge in [-0.25, -0.2) is 9.97 Å². The minimum atomic E-state index is -0.487. The summed E-state index contributed by atoms with van der Waals surface area (Å²) in [7, 11) is 0. The lowest BCUT2D eigenvalue weighted by Crippen LogP contribution is -2.20. The van der Waals surface area contributed by atoms with Gasteiger partial charge >= 0.3 is 0 Å². The van der Waals surface area contributed by atoms with Crippen LogP contribution in [-0.4, -0.2) is 41.2 Å². The summed E-state index contributed by atoms with van der Waals surface area (Å²) in [6, 6.07) is 4.33. The Bertz CT molecular complexity index is 970. The van der Waals surface area contributed by atoms with Crippen molar-refractivity contribution in [2.75, 3.05) is 25.6 Å². The fourth-order valence-electron chi connectivity index (χ4n) is 2.49. The predicted octanol–water partition coefficient (Wildman–Crippen LogP) is 4.88. The fraction of sp³-hybridized carbons (Fsp3) is 0.368. The predicted molar refractivity (Wildman–Crippen MR) is 118 cm³/mol. The monoisotopic (exact) mass is 454 g/mol. The number of thiophene rings is 1. The summed E-state index contributed by atoms with van der Waals surface area (Å²) in [5, 5.41) is 13.6. The van der Waals surface area contributed by atoms with E-state index in [2.05, 4.69) is 9.97 Å². The number of nitrogens with zero attached hydrogens (tertiary/aromatic N) is 3. The Hall–Kier alpha value is -2.37. The molecule has 0 radical (unpaired) electrons. The van der Waals surface area contributed by atoms with Crippen LogP contribution >= 0.6 is 22.9 Å². The van der Waals surface area contributed by atoms with Crippen molar-refractivity contribution < 1.29 is 19.1 Å². The Morgan fingerprint density at radius 3 is 2.30 bits per heavy atom. The van der Waals surface area contributed by atoms with Crippen LogP contribution in [0.15, 0.2) is 29.9 Å². The van der Waals surface area contributed by atoms with Crippen LogP contribution in [-0.2, 0) is 14.2 Å². The van der Waals surface area contributed by atoms with E-state index in [0.717, 1.165) is 10.4 Å². The fourth-order valence-corrected chi connectivity index (χ4v) is 3.68. The molecule has 0 atom stereocenters. The molecule has 3 rings (SSSR count). The molecule has 0 amide bonds. The molecule has 2 aromatic heterocycles. The zero-order chi connectivity index (χ0) is 22.1. The van der Waals surface area contributed by atoms with Gasteiger partial charge in [-0.15, -0.1) is 11.3 Å². The number of fused-ring (bicyclic) bond motifs is 1. The molecule has 0 bridgehead atoms. The van der Waals surface area contributed by atoms with Gasteiger partial charge < -0.3 is 19.9 Å². The molecule has 0 aliphatic rings. The lowest BCUT2D eigenvalue weighted by atomic mass is 10.1. The zero-order valence-electron chi connectivity index (χ0n) is 16.8. The van der Waals surface area contributed by atoms with Crippen molar-refractivity contribution in [3.8, 4) is 11.1 Å². The highest BCUT2D eigenvalue weighted by Gasteiger charge is 2.16. The number of rotatable bonds is 8. The van der Waals surface area contributed by atoms with Crippen molar-refractivity contribution in [2.45, 2.75) is 27.2 Å². The van der Waals surface area contributed by atoms with Crippen LogP contribution in [0.25, 0.3) is 21.3 Å². The van der Waals surface area contributed by atoms with Crippen molar-refractivity contribution in [1.82, 2.24) is 9.97 Å². The van der Waals surface area contributed by atoms with Gasteiger partial charge in [0.15, 0.2) is 0 Å². The first-order valence-electron chi connectivity index (χ1n) is 9.19. The summed E-state index contributed by atoms with van der Waals surface area (Å²) in [6.45, 7) is 7.10. The number of hydrogen-bond acceptors (Lipinski definition) is 9. The van der Waals surface area contributed by atoms with Gasteiger partial charge in [0.2, 0.25) is 0 Å². The van der Waals surface area contributed by atoms with E-state index in [1.807, 2.05) is 26.2 Å². The molecule has 2 heterocycles. The van der Waals surface area contributed by atoms with Crippen LogP contribution in [0.2, 0.25) is 5.02 Å². The lowest BCUT2D eigenvalue weighted by Gasteiger charge is -2.15. The number of benzene rings is 1. The Labute approximate surface area is 182 Å². The Kier molecular flexibility index (Phi) is 9.34. The van der Waals surface area contributed by atoms with Crippen LogP contribution in [0.1, 0.15) is 20.8 Å². The smallest absolute Gasteiger partial charge is 0.271 e. The van der Waals surface area contributed by atoms with Crippen molar-refractivity contribution in [1.29, 1.82) is 0 Å². The van der Waals surface area contributed by atoms with Crippen LogP contribution in [0.4, 0.5) is 11.5 Å². The molecule has 162 valence electrons. The van der Waals surface area contributed by atoms with Gasteiger partial charge in [-0.1, -0.05) is 11.6 Å². The minimum absolute atomic E-state index is 0.0532. The average molecular weight is 455 g/mol. The van der Waals surface area contributed by atoms with Gasteiger partial charge in [0.05, 0.1) is 15.3 Å². The molecule has 0 saturated heterocycles.